The van der Waals surface area contributed by atoms with Gasteiger partial charge in [0, 0.05) is 29.8 Å². The van der Waals surface area contributed by atoms with Crippen LogP contribution in [0.3, 0.4) is 0 Å². The molecule has 3 aromatic rings. The molecule has 0 radical (unpaired) electrons. The molecular weight excluding hydrogens is 471 g/mol. The minimum atomic E-state index is -0.425. The summed E-state index contributed by atoms with van der Waals surface area (Å²) >= 11 is 0. The predicted molar refractivity (Wildman–Crippen MR) is 141 cm³/mol. The van der Waals surface area contributed by atoms with E-state index in [1.165, 1.54) is 25.3 Å². The lowest BCUT2D eigenvalue weighted by molar-refractivity contribution is -0.134. The number of ether oxygens (including phenoxy) is 1. The highest BCUT2D eigenvalue weighted by Crippen LogP contribution is 2.24. The average molecular weight is 499 g/mol. The maximum absolute atomic E-state index is 13.4. The number of hydrogen-bond acceptors (Lipinski definition) is 4. The van der Waals surface area contributed by atoms with E-state index in [2.05, 4.69) is 15.4 Å². The Hall–Kier alpha value is -4.52. The molecule has 7 heteroatoms. The van der Waals surface area contributed by atoms with Gasteiger partial charge in [0.2, 0.25) is 0 Å². The van der Waals surface area contributed by atoms with E-state index in [1.807, 2.05) is 24.3 Å². The van der Waals surface area contributed by atoms with Gasteiger partial charge >= 0.3 is 5.97 Å². The van der Waals surface area contributed by atoms with E-state index in [1.54, 1.807) is 48.6 Å². The molecule has 1 aliphatic rings. The largest absolute Gasteiger partial charge is 0.466 e. The molecule has 1 saturated carbocycles. The fraction of sp³-hybridized carbons (Fsp3) is 0.167. The number of amides is 2. The van der Waals surface area contributed by atoms with E-state index in [-0.39, 0.29) is 23.7 Å². The minimum Gasteiger partial charge on any atom is -0.466 e. The van der Waals surface area contributed by atoms with Gasteiger partial charge in [-0.3, -0.25) is 9.59 Å². The molecule has 0 bridgehead atoms. The van der Waals surface area contributed by atoms with E-state index < -0.39 is 5.97 Å². The standard InChI is InChI=1S/C30H27FN2O4/c1-37-28(34)17-8-20-2-4-22(5-3-20)19-32-29(35)24-9-6-21(7-10-24)18-27(30(36)33-26-15-16-26)23-11-13-25(31)14-12-23/h2-14,17-18,26H,15-16,19H2,1H3,(H,32,35)(H,33,36)/b17-8?,27-18+. The first kappa shape index (κ1) is 25.6. The van der Waals surface area contributed by atoms with Gasteiger partial charge in [0.05, 0.1) is 7.11 Å². The summed E-state index contributed by atoms with van der Waals surface area (Å²) in [5.74, 6) is -1.23. The second kappa shape index (κ2) is 11.9. The molecule has 0 spiro atoms. The van der Waals surface area contributed by atoms with Crippen LogP contribution in [0.15, 0.2) is 78.9 Å². The van der Waals surface area contributed by atoms with Gasteiger partial charge in [0.1, 0.15) is 5.82 Å². The van der Waals surface area contributed by atoms with Crippen LogP contribution >= 0.6 is 0 Å². The number of methoxy groups -OCH3 is 1. The number of halogens is 1. The zero-order chi connectivity index (χ0) is 26.2. The van der Waals surface area contributed by atoms with Crippen molar-refractivity contribution < 1.29 is 23.5 Å². The molecule has 1 aliphatic carbocycles. The molecule has 2 amide bonds. The molecule has 0 heterocycles. The molecular formula is C30H27FN2O4. The smallest absolute Gasteiger partial charge is 0.330 e. The highest BCUT2D eigenvalue weighted by atomic mass is 19.1. The Morgan fingerprint density at radius 3 is 2.14 bits per heavy atom. The van der Waals surface area contributed by atoms with E-state index in [0.717, 1.165) is 29.5 Å². The fourth-order valence-electron chi connectivity index (χ4n) is 3.56. The van der Waals surface area contributed by atoms with E-state index in [0.29, 0.717) is 23.2 Å². The first-order valence-corrected chi connectivity index (χ1v) is 11.9. The summed E-state index contributed by atoms with van der Waals surface area (Å²) in [6.07, 6.45) is 6.66. The third-order valence-electron chi connectivity index (χ3n) is 5.84. The third-order valence-corrected chi connectivity index (χ3v) is 5.84. The lowest BCUT2D eigenvalue weighted by atomic mass is 10.0. The number of carbonyl (C=O) groups is 3. The van der Waals surface area contributed by atoms with Crippen molar-refractivity contribution in [3.05, 3.63) is 113 Å². The second-order valence-corrected chi connectivity index (χ2v) is 8.72. The Labute approximate surface area is 214 Å². The van der Waals surface area contributed by atoms with Crippen LogP contribution < -0.4 is 10.6 Å². The molecule has 0 saturated heterocycles. The normalized spacial score (nSPS) is 13.3. The lowest BCUT2D eigenvalue weighted by Crippen LogP contribution is -2.26. The van der Waals surface area contributed by atoms with E-state index >= 15 is 0 Å². The fourth-order valence-corrected chi connectivity index (χ4v) is 3.56. The Kier molecular flexibility index (Phi) is 8.26. The molecule has 0 unspecified atom stereocenters. The van der Waals surface area contributed by atoms with Gasteiger partial charge in [-0.15, -0.1) is 0 Å². The number of rotatable bonds is 9. The van der Waals surface area contributed by atoms with Gasteiger partial charge < -0.3 is 15.4 Å². The van der Waals surface area contributed by atoms with Crippen LogP contribution in [0.2, 0.25) is 0 Å². The van der Waals surface area contributed by atoms with Gasteiger partial charge in [0.15, 0.2) is 0 Å². The first-order valence-electron chi connectivity index (χ1n) is 11.9. The predicted octanol–water partition coefficient (Wildman–Crippen LogP) is 4.76. The van der Waals surface area contributed by atoms with Crippen LogP contribution in [-0.4, -0.2) is 30.9 Å². The van der Waals surface area contributed by atoms with Crippen molar-refractivity contribution in [1.29, 1.82) is 0 Å². The molecule has 0 aliphatic heterocycles. The van der Waals surface area contributed by atoms with Crippen LogP contribution in [0.4, 0.5) is 4.39 Å². The van der Waals surface area contributed by atoms with Crippen molar-refractivity contribution in [3.63, 3.8) is 0 Å². The van der Waals surface area contributed by atoms with Gasteiger partial charge in [-0.2, -0.15) is 0 Å². The highest BCUT2D eigenvalue weighted by molar-refractivity contribution is 6.24. The first-order chi connectivity index (χ1) is 17.9. The maximum atomic E-state index is 13.4. The molecule has 188 valence electrons. The van der Waals surface area contributed by atoms with Crippen LogP contribution in [0, 0.1) is 5.82 Å². The topological polar surface area (TPSA) is 84.5 Å². The quantitative estimate of drug-likeness (QED) is 0.253. The van der Waals surface area contributed by atoms with Crippen LogP contribution in [0.5, 0.6) is 0 Å². The Morgan fingerprint density at radius 1 is 0.892 bits per heavy atom. The molecule has 37 heavy (non-hydrogen) atoms. The average Bonchev–Trinajstić information content (AvgIpc) is 3.74. The van der Waals surface area contributed by atoms with Gasteiger partial charge in [-0.1, -0.05) is 48.5 Å². The molecule has 4 rings (SSSR count). The Morgan fingerprint density at radius 2 is 1.51 bits per heavy atom. The second-order valence-electron chi connectivity index (χ2n) is 8.72. The van der Waals surface area contributed by atoms with Crippen molar-refractivity contribution >= 4 is 35.5 Å². The van der Waals surface area contributed by atoms with Crippen molar-refractivity contribution in [2.24, 2.45) is 0 Å². The number of esters is 1. The molecule has 1 fully saturated rings. The number of hydrogen-bond donors (Lipinski definition) is 2. The SMILES string of the molecule is COC(=O)C=Cc1ccc(CNC(=O)c2ccc(/C=C(/C(=O)NC3CC3)c3ccc(F)cc3)cc2)cc1. The van der Waals surface area contributed by atoms with E-state index in [4.69, 9.17) is 0 Å². The summed E-state index contributed by atoms with van der Waals surface area (Å²) in [7, 11) is 1.32. The molecule has 2 N–H and O–H groups in total. The molecule has 0 aromatic heterocycles. The number of benzene rings is 3. The zero-order valence-electron chi connectivity index (χ0n) is 20.4. The monoisotopic (exact) mass is 498 g/mol. The van der Waals surface area contributed by atoms with Gasteiger partial charge in [-0.05, 0) is 71.5 Å². The summed E-state index contributed by atoms with van der Waals surface area (Å²) in [6, 6.07) is 20.4. The van der Waals surface area contributed by atoms with Crippen molar-refractivity contribution in [3.8, 4) is 0 Å². The summed E-state index contributed by atoms with van der Waals surface area (Å²) in [5.41, 5.74) is 4.05. The van der Waals surface area contributed by atoms with Gasteiger partial charge in [-0.25, -0.2) is 9.18 Å². The van der Waals surface area contributed by atoms with Crippen molar-refractivity contribution in [2.45, 2.75) is 25.4 Å². The highest BCUT2D eigenvalue weighted by Gasteiger charge is 2.25. The number of nitrogens with one attached hydrogen (secondary N) is 2. The van der Waals surface area contributed by atoms with E-state index in [9.17, 15) is 18.8 Å². The van der Waals surface area contributed by atoms with Gasteiger partial charge in [0.25, 0.3) is 11.8 Å². The molecule has 3 aromatic carbocycles. The Balaban J connectivity index is 1.40. The Bertz CT molecular complexity index is 1320. The van der Waals surface area contributed by atoms with Crippen LogP contribution in [0.1, 0.15) is 45.5 Å². The minimum absolute atomic E-state index is 0.190. The maximum Gasteiger partial charge on any atom is 0.330 e. The summed E-state index contributed by atoms with van der Waals surface area (Å²) in [4.78, 5) is 36.6. The zero-order valence-corrected chi connectivity index (χ0v) is 20.4. The summed E-state index contributed by atoms with van der Waals surface area (Å²) in [5, 5.41) is 5.86. The number of carbonyl (C=O) groups excluding carboxylic acids is 3. The van der Waals surface area contributed by atoms with Crippen LogP contribution in [-0.2, 0) is 20.9 Å². The third kappa shape index (κ3) is 7.48. The van der Waals surface area contributed by atoms with Crippen molar-refractivity contribution in [2.75, 3.05) is 7.11 Å². The lowest BCUT2D eigenvalue weighted by Gasteiger charge is -2.10. The summed E-state index contributed by atoms with van der Waals surface area (Å²) in [6.45, 7) is 0.345. The molecule has 6 nitrogen and oxygen atoms in total. The van der Waals surface area contributed by atoms with Crippen LogP contribution in [0.25, 0.3) is 17.7 Å². The molecule has 0 atom stereocenters. The van der Waals surface area contributed by atoms with Crippen molar-refractivity contribution in [1.82, 2.24) is 10.6 Å². The summed E-state index contributed by atoms with van der Waals surface area (Å²) < 4.78 is 18.0.